The first-order valence-electron chi connectivity index (χ1n) is 6.96. The Labute approximate surface area is 129 Å². The maximum absolute atomic E-state index is 11.6. The lowest BCUT2D eigenvalue weighted by molar-refractivity contribution is 0.0525. The standard InChI is InChI=1S/C14H19NO4S2/c1-2-19-14(16)12-5-6-13(15-8-12)20-9-11-4-3-7-21(17,18)10-11/h5-6,8,11H,2-4,7,9-10H2,1H3. The molecule has 21 heavy (non-hydrogen) atoms. The summed E-state index contributed by atoms with van der Waals surface area (Å²) in [6.07, 6.45) is 3.20. The number of thioether (sulfide) groups is 1. The molecule has 116 valence electrons. The molecule has 7 heteroatoms. The lowest BCUT2D eigenvalue weighted by Crippen LogP contribution is -2.26. The van der Waals surface area contributed by atoms with Gasteiger partial charge in [0.25, 0.3) is 0 Å². The molecule has 0 aromatic carbocycles. The molecule has 2 heterocycles. The predicted molar refractivity (Wildman–Crippen MR) is 82.3 cm³/mol. The summed E-state index contributed by atoms with van der Waals surface area (Å²) in [5, 5.41) is 0.797. The third-order valence-electron chi connectivity index (χ3n) is 3.27. The number of nitrogens with zero attached hydrogens (tertiary/aromatic N) is 1. The van der Waals surface area contributed by atoms with Gasteiger partial charge in [-0.2, -0.15) is 0 Å². The van der Waals surface area contributed by atoms with Crippen molar-refractivity contribution in [3.05, 3.63) is 23.9 Å². The average Bonchev–Trinajstić information content (AvgIpc) is 2.45. The predicted octanol–water partition coefficient (Wildman–Crippen LogP) is 2.18. The number of aromatic nitrogens is 1. The molecule has 0 amide bonds. The zero-order chi connectivity index (χ0) is 15.3. The van der Waals surface area contributed by atoms with Gasteiger partial charge in [0.1, 0.15) is 0 Å². The molecule has 0 N–H and O–H groups in total. The molecule has 0 spiro atoms. The summed E-state index contributed by atoms with van der Waals surface area (Å²) in [5.41, 5.74) is 0.432. The molecule has 1 aliphatic rings. The zero-order valence-corrected chi connectivity index (χ0v) is 13.6. The Kier molecular flexibility index (Phi) is 5.64. The highest BCUT2D eigenvalue weighted by Gasteiger charge is 2.24. The number of pyridine rings is 1. The highest BCUT2D eigenvalue weighted by atomic mass is 32.2. The van der Waals surface area contributed by atoms with Crippen LogP contribution in [0.2, 0.25) is 0 Å². The second-order valence-corrected chi connectivity index (χ2v) is 8.31. The van der Waals surface area contributed by atoms with Crippen molar-refractivity contribution in [3.8, 4) is 0 Å². The fourth-order valence-corrected chi connectivity index (χ4v) is 5.16. The van der Waals surface area contributed by atoms with E-state index in [4.69, 9.17) is 4.74 Å². The molecule has 1 aromatic rings. The second kappa shape index (κ2) is 7.26. The minimum Gasteiger partial charge on any atom is -0.462 e. The van der Waals surface area contributed by atoms with Crippen molar-refractivity contribution in [1.29, 1.82) is 0 Å². The van der Waals surface area contributed by atoms with Gasteiger partial charge in [0.2, 0.25) is 0 Å². The van der Waals surface area contributed by atoms with Crippen LogP contribution in [0.4, 0.5) is 0 Å². The number of esters is 1. The number of hydrogen-bond acceptors (Lipinski definition) is 6. The number of carbonyl (C=O) groups excluding carboxylic acids is 1. The van der Waals surface area contributed by atoms with E-state index in [0.717, 1.165) is 23.6 Å². The fourth-order valence-electron chi connectivity index (χ4n) is 2.25. The fraction of sp³-hybridized carbons (Fsp3) is 0.571. The van der Waals surface area contributed by atoms with E-state index in [9.17, 15) is 13.2 Å². The maximum Gasteiger partial charge on any atom is 0.339 e. The van der Waals surface area contributed by atoms with Crippen LogP contribution in [-0.2, 0) is 14.6 Å². The van der Waals surface area contributed by atoms with Crippen LogP contribution in [0.5, 0.6) is 0 Å². The van der Waals surface area contributed by atoms with Gasteiger partial charge in [-0.25, -0.2) is 18.2 Å². The third kappa shape index (κ3) is 5.00. The van der Waals surface area contributed by atoms with Gasteiger partial charge >= 0.3 is 5.97 Å². The number of ether oxygens (including phenoxy) is 1. The van der Waals surface area contributed by atoms with E-state index >= 15 is 0 Å². The Morgan fingerprint density at radius 1 is 1.48 bits per heavy atom. The Morgan fingerprint density at radius 3 is 2.90 bits per heavy atom. The van der Waals surface area contributed by atoms with Crippen LogP contribution in [0.15, 0.2) is 23.4 Å². The van der Waals surface area contributed by atoms with Crippen molar-refractivity contribution in [1.82, 2.24) is 4.98 Å². The Bertz CT molecular complexity index is 583. The summed E-state index contributed by atoms with van der Waals surface area (Å²) in [4.78, 5) is 15.7. The van der Waals surface area contributed by atoms with Gasteiger partial charge in [0.05, 0.1) is 28.7 Å². The molecule has 1 fully saturated rings. The molecule has 1 unspecified atom stereocenters. The Hall–Kier alpha value is -1.08. The van der Waals surface area contributed by atoms with E-state index in [2.05, 4.69) is 4.98 Å². The van der Waals surface area contributed by atoms with Gasteiger partial charge in [0.15, 0.2) is 9.84 Å². The summed E-state index contributed by atoms with van der Waals surface area (Å²) in [5.74, 6) is 1.16. The average molecular weight is 329 g/mol. The van der Waals surface area contributed by atoms with Crippen molar-refractivity contribution < 1.29 is 17.9 Å². The van der Waals surface area contributed by atoms with Gasteiger partial charge in [-0.05, 0) is 37.8 Å². The van der Waals surface area contributed by atoms with Crippen LogP contribution >= 0.6 is 11.8 Å². The molecular formula is C14H19NO4S2. The van der Waals surface area contributed by atoms with Gasteiger partial charge in [-0.15, -0.1) is 11.8 Å². The first-order valence-corrected chi connectivity index (χ1v) is 9.77. The zero-order valence-electron chi connectivity index (χ0n) is 11.9. The minimum atomic E-state index is -2.86. The Morgan fingerprint density at radius 2 is 2.29 bits per heavy atom. The van der Waals surface area contributed by atoms with Crippen molar-refractivity contribution >= 4 is 27.6 Å². The van der Waals surface area contributed by atoms with Crippen molar-refractivity contribution in [2.24, 2.45) is 5.92 Å². The first-order chi connectivity index (χ1) is 10.00. The van der Waals surface area contributed by atoms with Crippen LogP contribution < -0.4 is 0 Å². The summed E-state index contributed by atoms with van der Waals surface area (Å²) < 4.78 is 28.0. The smallest absolute Gasteiger partial charge is 0.339 e. The molecule has 5 nitrogen and oxygen atoms in total. The number of carbonyl (C=O) groups is 1. The Balaban J connectivity index is 1.87. The van der Waals surface area contributed by atoms with Crippen molar-refractivity contribution in [3.63, 3.8) is 0 Å². The van der Waals surface area contributed by atoms with Gasteiger partial charge in [-0.3, -0.25) is 0 Å². The lowest BCUT2D eigenvalue weighted by atomic mass is 10.1. The number of rotatable bonds is 5. The second-order valence-electron chi connectivity index (χ2n) is 5.04. The number of sulfone groups is 1. The maximum atomic E-state index is 11.6. The van der Waals surface area contributed by atoms with E-state index in [0.29, 0.717) is 17.9 Å². The van der Waals surface area contributed by atoms with E-state index in [1.165, 1.54) is 18.0 Å². The minimum absolute atomic E-state index is 0.195. The first kappa shape index (κ1) is 16.3. The van der Waals surface area contributed by atoms with Crippen molar-refractivity contribution in [2.45, 2.75) is 24.8 Å². The van der Waals surface area contributed by atoms with Gasteiger partial charge in [-0.1, -0.05) is 0 Å². The largest absolute Gasteiger partial charge is 0.462 e. The molecule has 1 atom stereocenters. The highest BCUT2D eigenvalue weighted by molar-refractivity contribution is 7.99. The lowest BCUT2D eigenvalue weighted by Gasteiger charge is -2.21. The van der Waals surface area contributed by atoms with E-state index < -0.39 is 9.84 Å². The molecule has 1 saturated heterocycles. The van der Waals surface area contributed by atoms with E-state index in [-0.39, 0.29) is 17.6 Å². The molecule has 0 bridgehead atoms. The molecule has 2 rings (SSSR count). The summed E-state index contributed by atoms with van der Waals surface area (Å²) >= 11 is 1.53. The quantitative estimate of drug-likeness (QED) is 0.609. The van der Waals surface area contributed by atoms with Crippen LogP contribution in [0.1, 0.15) is 30.1 Å². The summed E-state index contributed by atoms with van der Waals surface area (Å²) in [6.45, 7) is 2.10. The van der Waals surface area contributed by atoms with Gasteiger partial charge in [0, 0.05) is 11.9 Å². The molecule has 0 radical (unpaired) electrons. The third-order valence-corrected chi connectivity index (χ3v) is 6.34. The number of hydrogen-bond donors (Lipinski definition) is 0. The van der Waals surface area contributed by atoms with Crippen LogP contribution in [0.3, 0.4) is 0 Å². The van der Waals surface area contributed by atoms with Crippen LogP contribution in [-0.4, -0.2) is 43.2 Å². The highest BCUT2D eigenvalue weighted by Crippen LogP contribution is 2.25. The van der Waals surface area contributed by atoms with Crippen LogP contribution in [0.25, 0.3) is 0 Å². The molecule has 0 saturated carbocycles. The SMILES string of the molecule is CCOC(=O)c1ccc(SCC2CCCS(=O)(=O)C2)nc1. The molecule has 1 aliphatic heterocycles. The van der Waals surface area contributed by atoms with E-state index in [1.807, 2.05) is 0 Å². The monoisotopic (exact) mass is 329 g/mol. The topological polar surface area (TPSA) is 73.3 Å². The van der Waals surface area contributed by atoms with Crippen molar-refractivity contribution in [2.75, 3.05) is 23.9 Å². The van der Waals surface area contributed by atoms with Crippen LogP contribution in [0, 0.1) is 5.92 Å². The summed E-state index contributed by atoms with van der Waals surface area (Å²) in [6, 6.07) is 3.46. The normalized spacial score (nSPS) is 20.9. The van der Waals surface area contributed by atoms with Gasteiger partial charge < -0.3 is 4.74 Å². The molecule has 0 aliphatic carbocycles. The summed E-state index contributed by atoms with van der Waals surface area (Å²) in [7, 11) is -2.86. The molecular weight excluding hydrogens is 310 g/mol. The molecule has 1 aromatic heterocycles. The van der Waals surface area contributed by atoms with E-state index in [1.54, 1.807) is 19.1 Å².